The third-order valence-corrected chi connectivity index (χ3v) is 17.8. The summed E-state index contributed by atoms with van der Waals surface area (Å²) in [5.74, 6) is 5.97. The Bertz CT molecular complexity index is 2450. The zero-order chi connectivity index (χ0) is 43.0. The molecule has 6 aromatic rings. The maximum Gasteiger partial charge on any atom is 0.128 e. The first-order valence-corrected chi connectivity index (χ1v) is 23.7. The molecule has 18 rings (SSSR count). The van der Waals surface area contributed by atoms with Crippen LogP contribution >= 0.6 is 0 Å². The maximum absolute atomic E-state index is 6.06. The molecule has 12 aliphatic rings. The Hall–Kier alpha value is -5.76. The summed E-state index contributed by atoms with van der Waals surface area (Å²) in [5.41, 5.74) is 13.1. The van der Waals surface area contributed by atoms with Crippen LogP contribution in [0.2, 0.25) is 0 Å². The van der Waals surface area contributed by atoms with Gasteiger partial charge in [-0.2, -0.15) is 0 Å². The highest BCUT2D eigenvalue weighted by molar-refractivity contribution is 5.75. The van der Waals surface area contributed by atoms with Gasteiger partial charge in [0.1, 0.15) is 23.0 Å². The van der Waals surface area contributed by atoms with E-state index >= 15 is 0 Å². The van der Waals surface area contributed by atoms with Crippen molar-refractivity contribution in [2.45, 2.75) is 98.7 Å². The van der Waals surface area contributed by atoms with Crippen LogP contribution in [0.15, 0.2) is 97.1 Å². The lowest BCUT2D eigenvalue weighted by atomic mass is 9.41. The van der Waals surface area contributed by atoms with Gasteiger partial charge < -0.3 is 18.9 Å². The molecule has 9 aliphatic carbocycles. The number of methoxy groups -OCH3 is 4. The minimum Gasteiger partial charge on any atom is -0.496 e. The summed E-state index contributed by atoms with van der Waals surface area (Å²) in [6, 6.07) is 36.1. The van der Waals surface area contributed by atoms with Gasteiger partial charge in [0.25, 0.3) is 0 Å². The summed E-state index contributed by atoms with van der Waals surface area (Å²) in [6.45, 7) is 0. The van der Waals surface area contributed by atoms with E-state index in [0.29, 0.717) is 23.7 Å². The van der Waals surface area contributed by atoms with Crippen LogP contribution in [-0.4, -0.2) is 48.8 Å². The molecule has 0 unspecified atom stereocenters. The van der Waals surface area contributed by atoms with Crippen molar-refractivity contribution < 1.29 is 18.9 Å². The van der Waals surface area contributed by atoms with Crippen LogP contribution in [-0.2, 0) is 21.7 Å². The van der Waals surface area contributed by atoms with Gasteiger partial charge in [0.15, 0.2) is 0 Å². The first-order chi connectivity index (χ1) is 31.2. The largest absolute Gasteiger partial charge is 0.496 e. The van der Waals surface area contributed by atoms with E-state index in [1.807, 2.05) is 0 Å². The van der Waals surface area contributed by atoms with Crippen LogP contribution in [0.5, 0.6) is 23.0 Å². The second kappa shape index (κ2) is 13.9. The quantitative estimate of drug-likeness (QED) is 0.173. The molecule has 0 amide bonds. The summed E-state index contributed by atoms with van der Waals surface area (Å²) < 4.78 is 24.2. The number of rotatable bonds is 4. The number of aromatic nitrogens is 4. The lowest BCUT2D eigenvalue weighted by Gasteiger charge is -2.63. The maximum atomic E-state index is 6.06. The molecule has 0 N–H and O–H groups in total. The minimum absolute atomic E-state index is 0.0578. The van der Waals surface area contributed by atoms with Crippen molar-refractivity contribution in [2.75, 3.05) is 28.4 Å². The Kier molecular flexibility index (Phi) is 8.38. The Balaban J connectivity index is 1.01. The van der Waals surface area contributed by atoms with Crippen molar-refractivity contribution >= 4 is 0 Å². The fourth-order valence-corrected chi connectivity index (χ4v) is 16.1. The number of hydrogen-bond donors (Lipinski definition) is 0. The Morgan fingerprint density at radius 3 is 0.781 bits per heavy atom. The molecule has 5 heterocycles. The molecule has 64 heavy (non-hydrogen) atoms. The standard InChI is InChI=1S/C56H56N4O4/c1-61-49-13-5-37-19-41(49)45-9-10-46(58-57-45)42-20-39(7-14-50(42)62-2)55-27-35-18-36(28-55)30-56(29-35,32-55)40-8-16-52(64-4)44(22-40)48-12-11-47(59-60-48)43-21-38(6-15-51(43)63-3)54-25-33-17-34(26-54)24-53(37,23-33)31-54/h5-16,19-22,33-36H,17-18,23-32H2,1-4H3. The summed E-state index contributed by atoms with van der Waals surface area (Å²) >= 11 is 0. The molecule has 0 saturated heterocycles. The van der Waals surface area contributed by atoms with E-state index in [9.17, 15) is 0 Å². The molecule has 8 nitrogen and oxygen atoms in total. The van der Waals surface area contributed by atoms with Gasteiger partial charge in [0.2, 0.25) is 0 Å². The molecule has 8 fully saturated rings. The van der Waals surface area contributed by atoms with E-state index in [1.165, 1.54) is 86.5 Å². The van der Waals surface area contributed by atoms with Crippen molar-refractivity contribution in [3.8, 4) is 68.0 Å². The normalized spacial score (nSPS) is 30.9. The molecule has 4 aromatic carbocycles. The van der Waals surface area contributed by atoms with E-state index in [-0.39, 0.29) is 21.7 Å². The van der Waals surface area contributed by atoms with E-state index in [0.717, 1.165) is 80.9 Å². The molecule has 0 radical (unpaired) electrons. The van der Waals surface area contributed by atoms with Crippen LogP contribution in [0.1, 0.15) is 99.3 Å². The second-order valence-corrected chi connectivity index (χ2v) is 21.3. The molecular formula is C56H56N4O4. The van der Waals surface area contributed by atoms with Crippen LogP contribution in [0.4, 0.5) is 0 Å². The van der Waals surface area contributed by atoms with Gasteiger partial charge in [-0.3, -0.25) is 0 Å². The molecule has 8 heteroatoms. The topological polar surface area (TPSA) is 88.5 Å². The highest BCUT2D eigenvalue weighted by Gasteiger charge is 2.60. The first-order valence-electron chi connectivity index (χ1n) is 23.7. The zero-order valence-electron chi connectivity index (χ0n) is 37.5. The summed E-state index contributed by atoms with van der Waals surface area (Å²) in [7, 11) is 7.06. The Morgan fingerprint density at radius 1 is 0.344 bits per heavy atom. The molecule has 4 spiro atoms. The van der Waals surface area contributed by atoms with E-state index in [1.54, 1.807) is 28.4 Å². The monoisotopic (exact) mass is 848 g/mol. The highest BCUT2D eigenvalue weighted by atomic mass is 16.5. The SMILES string of the molecule is COc1ccc2cc1-c1ccc(nn1)-c1cc(ccc1OC)C13CC4CC(C1)CC(C4)(C3)c1ccc(OC)c(c1)-c1ccc(nn1)-c1cc(ccc1OC)C13CC4CC(CC2(C4)C1)C3. The number of nitrogens with zero attached hydrogens (tertiary/aromatic N) is 4. The van der Waals surface area contributed by atoms with Gasteiger partial charge in [0, 0.05) is 22.3 Å². The van der Waals surface area contributed by atoms with Crippen LogP contribution in [0, 0.1) is 23.7 Å². The van der Waals surface area contributed by atoms with Gasteiger partial charge in [-0.1, -0.05) is 24.3 Å². The molecule has 324 valence electrons. The van der Waals surface area contributed by atoms with Gasteiger partial charge in [-0.15, -0.1) is 20.4 Å². The average Bonchev–Trinajstić information content (AvgIpc) is 3.32. The number of ether oxygens (including phenoxy) is 4. The minimum atomic E-state index is 0.0578. The summed E-state index contributed by atoms with van der Waals surface area (Å²) in [4.78, 5) is 0. The molecular weight excluding hydrogens is 793 g/mol. The predicted octanol–water partition coefficient (Wildman–Crippen LogP) is 11.9. The second-order valence-electron chi connectivity index (χ2n) is 21.3. The smallest absolute Gasteiger partial charge is 0.128 e. The fraction of sp³-hybridized carbons (Fsp3) is 0.429. The van der Waals surface area contributed by atoms with Crippen molar-refractivity contribution in [1.29, 1.82) is 0 Å². The highest BCUT2D eigenvalue weighted by Crippen LogP contribution is 2.68. The van der Waals surface area contributed by atoms with E-state index in [4.69, 9.17) is 39.3 Å². The predicted molar refractivity (Wildman–Crippen MR) is 248 cm³/mol. The Labute approximate surface area is 376 Å². The first kappa shape index (κ1) is 38.7. The Morgan fingerprint density at radius 2 is 0.578 bits per heavy atom. The lowest BCUT2D eigenvalue weighted by molar-refractivity contribution is -0.0282. The van der Waals surface area contributed by atoms with Crippen LogP contribution in [0.25, 0.3) is 45.0 Å². The van der Waals surface area contributed by atoms with Crippen molar-refractivity contribution in [2.24, 2.45) is 23.7 Å². The number of hydrogen-bond acceptors (Lipinski definition) is 8. The van der Waals surface area contributed by atoms with Crippen molar-refractivity contribution in [3.05, 3.63) is 119 Å². The molecule has 0 atom stereocenters. The van der Waals surface area contributed by atoms with Gasteiger partial charge >= 0.3 is 0 Å². The third kappa shape index (κ3) is 5.65. The van der Waals surface area contributed by atoms with Crippen LogP contribution in [0.3, 0.4) is 0 Å². The van der Waals surface area contributed by atoms with Gasteiger partial charge in [-0.05, 0) is 217 Å². The summed E-state index contributed by atoms with van der Waals surface area (Å²) in [6.07, 6.45) is 14.5. The third-order valence-electron chi connectivity index (χ3n) is 17.8. The fourth-order valence-electron chi connectivity index (χ4n) is 16.1. The molecule has 20 bridgehead atoms. The van der Waals surface area contributed by atoms with Crippen LogP contribution < -0.4 is 18.9 Å². The molecule has 8 saturated carbocycles. The van der Waals surface area contributed by atoms with Gasteiger partial charge in [-0.25, -0.2) is 0 Å². The van der Waals surface area contributed by atoms with Crippen molar-refractivity contribution in [3.63, 3.8) is 0 Å². The van der Waals surface area contributed by atoms with Gasteiger partial charge in [0.05, 0.1) is 51.2 Å². The lowest BCUT2D eigenvalue weighted by Crippen LogP contribution is -2.56. The number of benzene rings is 4. The molecule has 2 aromatic heterocycles. The summed E-state index contributed by atoms with van der Waals surface area (Å²) in [5, 5.41) is 19.9. The van der Waals surface area contributed by atoms with E-state index in [2.05, 4.69) is 97.1 Å². The molecule has 3 aliphatic heterocycles. The van der Waals surface area contributed by atoms with Crippen molar-refractivity contribution in [1.82, 2.24) is 20.4 Å². The average molecular weight is 849 g/mol. The van der Waals surface area contributed by atoms with E-state index < -0.39 is 0 Å². The zero-order valence-corrected chi connectivity index (χ0v) is 37.5.